The predicted molar refractivity (Wildman–Crippen MR) is 95.3 cm³/mol. The summed E-state index contributed by atoms with van der Waals surface area (Å²) in [5, 5.41) is 0.677. The number of carbonyl (C=O) groups is 1. The van der Waals surface area contributed by atoms with Gasteiger partial charge in [0.2, 0.25) is 0 Å². The average molecular weight is 346 g/mol. The quantitative estimate of drug-likeness (QED) is 0.557. The standard InChI is InChI=1S/C19H23FN2OS/c1-12-13(2)22(17-6-4-5-7-17)19(21-12)24-14(3)18(23)15-8-10-16(20)11-9-15/h8-11,14,17H,4-7H2,1-3H3/t14-/m0/s1. The molecule has 5 heteroatoms. The molecule has 1 aliphatic rings. The lowest BCUT2D eigenvalue weighted by atomic mass is 10.1. The van der Waals surface area contributed by atoms with Gasteiger partial charge in [0.05, 0.1) is 10.9 Å². The first-order valence-electron chi connectivity index (χ1n) is 8.49. The van der Waals surface area contributed by atoms with Crippen LogP contribution in [0, 0.1) is 19.7 Å². The van der Waals surface area contributed by atoms with Crippen molar-refractivity contribution in [3.05, 3.63) is 47.0 Å². The van der Waals surface area contributed by atoms with E-state index in [4.69, 9.17) is 4.98 Å². The molecule has 1 fully saturated rings. The van der Waals surface area contributed by atoms with Crippen molar-refractivity contribution >= 4 is 17.5 Å². The molecule has 1 heterocycles. The van der Waals surface area contributed by atoms with E-state index >= 15 is 0 Å². The number of aromatic nitrogens is 2. The molecule has 1 aromatic carbocycles. The summed E-state index contributed by atoms with van der Waals surface area (Å²) in [6.07, 6.45) is 4.89. The van der Waals surface area contributed by atoms with Gasteiger partial charge in [-0.05, 0) is 57.9 Å². The molecule has 128 valence electrons. The monoisotopic (exact) mass is 346 g/mol. The molecule has 3 rings (SSSR count). The minimum Gasteiger partial charge on any atom is -0.320 e. The van der Waals surface area contributed by atoms with Crippen LogP contribution in [0.1, 0.15) is 60.4 Å². The van der Waals surface area contributed by atoms with Gasteiger partial charge in [0.25, 0.3) is 0 Å². The molecule has 0 unspecified atom stereocenters. The summed E-state index contributed by atoms with van der Waals surface area (Å²) < 4.78 is 15.4. The topological polar surface area (TPSA) is 34.9 Å². The Morgan fingerprint density at radius 3 is 2.50 bits per heavy atom. The summed E-state index contributed by atoms with van der Waals surface area (Å²) >= 11 is 1.51. The van der Waals surface area contributed by atoms with Crippen molar-refractivity contribution in [1.29, 1.82) is 0 Å². The normalized spacial score (nSPS) is 16.5. The van der Waals surface area contributed by atoms with E-state index in [0.717, 1.165) is 10.9 Å². The maximum absolute atomic E-state index is 13.0. The number of aryl methyl sites for hydroxylation is 1. The smallest absolute Gasteiger partial charge is 0.175 e. The fourth-order valence-corrected chi connectivity index (χ4v) is 4.48. The van der Waals surface area contributed by atoms with Crippen LogP contribution in [0.3, 0.4) is 0 Å². The van der Waals surface area contributed by atoms with E-state index < -0.39 is 0 Å². The Morgan fingerprint density at radius 2 is 1.88 bits per heavy atom. The van der Waals surface area contributed by atoms with Crippen molar-refractivity contribution in [3.8, 4) is 0 Å². The number of halogens is 1. The second kappa shape index (κ2) is 7.09. The molecule has 24 heavy (non-hydrogen) atoms. The van der Waals surface area contributed by atoms with Crippen LogP contribution >= 0.6 is 11.8 Å². The highest BCUT2D eigenvalue weighted by Crippen LogP contribution is 2.36. The Kier molecular flexibility index (Phi) is 5.09. The van der Waals surface area contributed by atoms with Gasteiger partial charge >= 0.3 is 0 Å². The van der Waals surface area contributed by atoms with Gasteiger partial charge in [0.1, 0.15) is 5.82 Å². The lowest BCUT2D eigenvalue weighted by Gasteiger charge is -2.18. The molecule has 2 aromatic rings. The number of hydrogen-bond acceptors (Lipinski definition) is 3. The van der Waals surface area contributed by atoms with E-state index in [1.807, 2.05) is 13.8 Å². The van der Waals surface area contributed by atoms with Gasteiger partial charge in [-0.1, -0.05) is 24.6 Å². The summed E-state index contributed by atoms with van der Waals surface area (Å²) in [5.41, 5.74) is 2.78. The Labute approximate surface area is 146 Å². The fraction of sp³-hybridized carbons (Fsp3) is 0.474. The first kappa shape index (κ1) is 17.2. The zero-order chi connectivity index (χ0) is 17.3. The van der Waals surface area contributed by atoms with Gasteiger partial charge in [0.15, 0.2) is 10.9 Å². The van der Waals surface area contributed by atoms with Crippen molar-refractivity contribution in [2.75, 3.05) is 0 Å². The molecule has 3 nitrogen and oxygen atoms in total. The number of ketones is 1. The lowest BCUT2D eigenvalue weighted by molar-refractivity contribution is 0.0993. The summed E-state index contributed by atoms with van der Waals surface area (Å²) in [4.78, 5) is 17.3. The number of Topliss-reactive ketones (excluding diaryl/α,β-unsaturated/α-hetero) is 1. The third kappa shape index (κ3) is 3.41. The molecule has 1 aromatic heterocycles. The second-order valence-electron chi connectivity index (χ2n) is 6.50. The summed E-state index contributed by atoms with van der Waals surface area (Å²) in [6.45, 7) is 6.03. The number of nitrogens with zero attached hydrogens (tertiary/aromatic N) is 2. The Balaban J connectivity index is 1.81. The molecular weight excluding hydrogens is 323 g/mol. The highest BCUT2D eigenvalue weighted by molar-refractivity contribution is 8.00. The first-order valence-corrected chi connectivity index (χ1v) is 9.37. The van der Waals surface area contributed by atoms with Crippen molar-refractivity contribution in [2.24, 2.45) is 0 Å². The van der Waals surface area contributed by atoms with Gasteiger partial charge in [-0.2, -0.15) is 0 Å². The van der Waals surface area contributed by atoms with Crippen LogP contribution in [0.25, 0.3) is 0 Å². The van der Waals surface area contributed by atoms with Gasteiger partial charge in [0, 0.05) is 17.3 Å². The van der Waals surface area contributed by atoms with E-state index in [-0.39, 0.29) is 16.9 Å². The SMILES string of the molecule is Cc1nc(S[C@@H](C)C(=O)c2ccc(F)cc2)n(C2CCCC2)c1C. The molecular formula is C19H23FN2OS. The van der Waals surface area contributed by atoms with E-state index in [9.17, 15) is 9.18 Å². The number of benzene rings is 1. The van der Waals surface area contributed by atoms with Crippen LogP contribution in [0.2, 0.25) is 0 Å². The molecule has 0 radical (unpaired) electrons. The highest BCUT2D eigenvalue weighted by Gasteiger charge is 2.26. The summed E-state index contributed by atoms with van der Waals surface area (Å²) in [7, 11) is 0. The Bertz CT molecular complexity index is 733. The predicted octanol–water partition coefficient (Wildman–Crippen LogP) is 5.12. The van der Waals surface area contributed by atoms with Crippen LogP contribution in [-0.4, -0.2) is 20.6 Å². The van der Waals surface area contributed by atoms with Gasteiger partial charge in [-0.3, -0.25) is 4.79 Å². The number of rotatable bonds is 5. The maximum Gasteiger partial charge on any atom is 0.175 e. The summed E-state index contributed by atoms with van der Waals surface area (Å²) in [6, 6.07) is 6.27. The largest absolute Gasteiger partial charge is 0.320 e. The molecule has 1 aliphatic carbocycles. The van der Waals surface area contributed by atoms with E-state index in [1.54, 1.807) is 12.1 Å². The van der Waals surface area contributed by atoms with E-state index in [2.05, 4.69) is 11.5 Å². The van der Waals surface area contributed by atoms with Crippen LogP contribution < -0.4 is 0 Å². The maximum atomic E-state index is 13.0. The van der Waals surface area contributed by atoms with Gasteiger partial charge < -0.3 is 4.57 Å². The first-order chi connectivity index (χ1) is 11.5. The third-order valence-electron chi connectivity index (χ3n) is 4.82. The number of thioether (sulfide) groups is 1. The average Bonchev–Trinajstić information content (AvgIpc) is 3.16. The van der Waals surface area contributed by atoms with Crippen molar-refractivity contribution in [1.82, 2.24) is 9.55 Å². The molecule has 0 aliphatic heterocycles. The molecule has 0 N–H and O–H groups in total. The van der Waals surface area contributed by atoms with Crippen LogP contribution in [-0.2, 0) is 0 Å². The van der Waals surface area contributed by atoms with Crippen LogP contribution in [0.4, 0.5) is 4.39 Å². The molecule has 0 amide bonds. The minimum absolute atomic E-state index is 0.0104. The van der Waals surface area contributed by atoms with Gasteiger partial charge in [-0.25, -0.2) is 9.37 Å². The molecule has 0 saturated heterocycles. The molecule has 0 bridgehead atoms. The molecule has 1 saturated carbocycles. The molecule has 1 atom stereocenters. The summed E-state index contributed by atoms with van der Waals surface area (Å²) in [5.74, 6) is -0.314. The number of carbonyl (C=O) groups excluding carboxylic acids is 1. The number of hydrogen-bond donors (Lipinski definition) is 0. The minimum atomic E-state index is -0.324. The van der Waals surface area contributed by atoms with Crippen LogP contribution in [0.15, 0.2) is 29.4 Å². The Hall–Kier alpha value is -1.62. The number of imidazole rings is 1. The second-order valence-corrected chi connectivity index (χ2v) is 7.81. The third-order valence-corrected chi connectivity index (χ3v) is 5.89. The fourth-order valence-electron chi connectivity index (χ4n) is 3.33. The zero-order valence-electron chi connectivity index (χ0n) is 14.4. The van der Waals surface area contributed by atoms with Crippen molar-refractivity contribution in [3.63, 3.8) is 0 Å². The van der Waals surface area contributed by atoms with E-state index in [1.165, 1.54) is 55.3 Å². The lowest BCUT2D eigenvalue weighted by Crippen LogP contribution is -2.16. The Morgan fingerprint density at radius 1 is 1.25 bits per heavy atom. The highest BCUT2D eigenvalue weighted by atomic mass is 32.2. The van der Waals surface area contributed by atoms with E-state index in [0.29, 0.717) is 11.6 Å². The zero-order valence-corrected chi connectivity index (χ0v) is 15.2. The van der Waals surface area contributed by atoms with Crippen LogP contribution in [0.5, 0.6) is 0 Å². The molecule has 0 spiro atoms. The van der Waals surface area contributed by atoms with Crippen molar-refractivity contribution < 1.29 is 9.18 Å². The van der Waals surface area contributed by atoms with Gasteiger partial charge in [-0.15, -0.1) is 0 Å². The van der Waals surface area contributed by atoms with Crippen molar-refractivity contribution in [2.45, 2.75) is 62.9 Å².